The van der Waals surface area contributed by atoms with Crippen LogP contribution in [0.1, 0.15) is 142 Å². The van der Waals surface area contributed by atoms with Crippen molar-refractivity contribution in [2.24, 2.45) is 5.92 Å². The van der Waals surface area contributed by atoms with Crippen LogP contribution in [0.3, 0.4) is 0 Å². The summed E-state index contributed by atoms with van der Waals surface area (Å²) < 4.78 is 18.9. The van der Waals surface area contributed by atoms with E-state index in [0.717, 1.165) is 19.1 Å². The Morgan fingerprint density at radius 3 is 1.61 bits per heavy atom. The molecule has 1 aliphatic heterocycles. The van der Waals surface area contributed by atoms with E-state index < -0.39 is 8.56 Å². The van der Waals surface area contributed by atoms with Crippen LogP contribution in [0.5, 0.6) is 0 Å². The average Bonchev–Trinajstić information content (AvgIpc) is 3.60. The molecule has 2 rings (SSSR count). The molecule has 3 unspecified atom stereocenters. The van der Waals surface area contributed by atoms with Gasteiger partial charge in [-0.25, -0.2) is 0 Å². The normalized spacial score (nSPS) is 22.5. The Balaban J connectivity index is 1.59. The van der Waals surface area contributed by atoms with Crippen LogP contribution in [0, 0.1) is 5.92 Å². The Kier molecular flexibility index (Phi) is 16.3. The Morgan fingerprint density at radius 1 is 0.636 bits per heavy atom. The summed E-state index contributed by atoms with van der Waals surface area (Å²) in [6.07, 6.45) is 28.1. The van der Waals surface area contributed by atoms with Crippen LogP contribution in [-0.2, 0) is 13.6 Å². The lowest BCUT2D eigenvalue weighted by Crippen LogP contribution is -2.40. The summed E-state index contributed by atoms with van der Waals surface area (Å²) in [5.74, 6) is 0.832. The monoisotopic (exact) mass is 482 g/mol. The van der Waals surface area contributed by atoms with Gasteiger partial charge in [0.25, 0.3) is 0 Å². The van der Waals surface area contributed by atoms with Gasteiger partial charge in [0.1, 0.15) is 0 Å². The van der Waals surface area contributed by atoms with Crippen molar-refractivity contribution in [2.75, 3.05) is 13.2 Å². The number of epoxide rings is 1. The summed E-state index contributed by atoms with van der Waals surface area (Å²) in [6.45, 7) is 8.75. The molecule has 0 aromatic rings. The van der Waals surface area contributed by atoms with Crippen LogP contribution in [0.4, 0.5) is 0 Å². The highest BCUT2D eigenvalue weighted by molar-refractivity contribution is 6.66. The zero-order valence-electron chi connectivity index (χ0n) is 22.7. The van der Waals surface area contributed by atoms with Crippen LogP contribution < -0.4 is 0 Å². The highest BCUT2D eigenvalue weighted by Crippen LogP contribution is 2.41. The van der Waals surface area contributed by atoms with Crippen molar-refractivity contribution in [1.82, 2.24) is 0 Å². The second kappa shape index (κ2) is 18.4. The minimum atomic E-state index is -2.05. The highest BCUT2D eigenvalue weighted by Gasteiger charge is 2.44. The van der Waals surface area contributed by atoms with Gasteiger partial charge in [-0.3, -0.25) is 0 Å². The summed E-state index contributed by atoms with van der Waals surface area (Å²) >= 11 is 0. The smallest absolute Gasteiger partial charge is 0.334 e. The molecule has 3 nitrogen and oxygen atoms in total. The topological polar surface area (TPSA) is 31.0 Å². The van der Waals surface area contributed by atoms with Crippen molar-refractivity contribution < 1.29 is 13.6 Å². The molecule has 4 heteroatoms. The Labute approximate surface area is 208 Å². The summed E-state index contributed by atoms with van der Waals surface area (Å²) in [7, 11) is -2.05. The van der Waals surface area contributed by atoms with Gasteiger partial charge < -0.3 is 13.6 Å². The zero-order chi connectivity index (χ0) is 23.6. The van der Waals surface area contributed by atoms with Crippen LogP contribution in [0.2, 0.25) is 12.6 Å². The third-order valence-electron chi connectivity index (χ3n) is 7.93. The van der Waals surface area contributed by atoms with Gasteiger partial charge in [0.15, 0.2) is 0 Å². The third-order valence-corrected chi connectivity index (χ3v) is 10.8. The van der Waals surface area contributed by atoms with Gasteiger partial charge >= 0.3 is 8.56 Å². The minimum Gasteiger partial charge on any atom is -0.394 e. The predicted molar refractivity (Wildman–Crippen MR) is 144 cm³/mol. The quantitative estimate of drug-likeness (QED) is 0.0825. The molecule has 0 spiro atoms. The molecule has 1 heterocycles. The molecular formula is C29H58O3Si. The molecule has 196 valence electrons. The molecule has 3 atom stereocenters. The Bertz CT molecular complexity index is 436. The fourth-order valence-corrected chi connectivity index (χ4v) is 7.91. The van der Waals surface area contributed by atoms with Crippen molar-refractivity contribution in [3.63, 3.8) is 0 Å². The first-order chi connectivity index (χ1) is 16.2. The lowest BCUT2D eigenvalue weighted by Gasteiger charge is -2.29. The summed E-state index contributed by atoms with van der Waals surface area (Å²) in [5, 5.41) is 0. The first-order valence-corrected chi connectivity index (χ1v) is 17.6. The van der Waals surface area contributed by atoms with E-state index in [-0.39, 0.29) is 0 Å². The molecular weight excluding hydrogens is 424 g/mol. The van der Waals surface area contributed by atoms with Crippen molar-refractivity contribution in [3.8, 4) is 0 Å². The lowest BCUT2D eigenvalue weighted by molar-refractivity contribution is 0.163. The molecule has 0 radical (unpaired) electrons. The van der Waals surface area contributed by atoms with E-state index in [1.54, 1.807) is 0 Å². The molecule has 1 saturated carbocycles. The van der Waals surface area contributed by atoms with E-state index in [1.807, 2.05) is 0 Å². The fraction of sp³-hybridized carbons (Fsp3) is 1.00. The van der Waals surface area contributed by atoms with Crippen LogP contribution in [-0.4, -0.2) is 34.0 Å². The van der Waals surface area contributed by atoms with Gasteiger partial charge in [0.2, 0.25) is 0 Å². The number of ether oxygens (including phenoxy) is 1. The maximum absolute atomic E-state index is 6.56. The third kappa shape index (κ3) is 14.3. The predicted octanol–water partition coefficient (Wildman–Crippen LogP) is 9.33. The number of rotatable bonds is 23. The fourth-order valence-electron chi connectivity index (χ4n) is 5.45. The molecule has 0 bridgehead atoms. The van der Waals surface area contributed by atoms with Gasteiger partial charge in [-0.05, 0) is 57.0 Å². The van der Waals surface area contributed by atoms with Crippen molar-refractivity contribution in [2.45, 2.75) is 167 Å². The van der Waals surface area contributed by atoms with Crippen LogP contribution in [0.25, 0.3) is 0 Å². The lowest BCUT2D eigenvalue weighted by atomic mass is 9.88. The van der Waals surface area contributed by atoms with Gasteiger partial charge in [-0.2, -0.15) is 0 Å². The molecule has 1 saturated heterocycles. The second-order valence-corrected chi connectivity index (χ2v) is 14.6. The van der Waals surface area contributed by atoms with E-state index in [1.165, 1.54) is 134 Å². The summed E-state index contributed by atoms with van der Waals surface area (Å²) in [4.78, 5) is 0. The van der Waals surface area contributed by atoms with Gasteiger partial charge in [-0.1, -0.05) is 104 Å². The van der Waals surface area contributed by atoms with Crippen molar-refractivity contribution in [1.29, 1.82) is 0 Å². The van der Waals surface area contributed by atoms with E-state index in [9.17, 15) is 0 Å². The number of fused-ring (bicyclic) bond motifs is 1. The second-order valence-electron chi connectivity index (χ2n) is 11.2. The average molecular weight is 483 g/mol. The number of hydrogen-bond donors (Lipinski definition) is 0. The Hall–Kier alpha value is 0.0969. The first kappa shape index (κ1) is 29.3. The minimum absolute atomic E-state index is 0.591. The van der Waals surface area contributed by atoms with E-state index in [2.05, 4.69) is 20.4 Å². The van der Waals surface area contributed by atoms with Gasteiger partial charge in [0, 0.05) is 13.2 Å². The standard InChI is InChI=1S/C29H58O3Si/c1-4-6-8-10-12-14-16-18-23-30-33(3,25-22-27-20-21-28-29(26-27)32-28)31-24-19-17-15-13-11-9-7-5-2/h27-29H,4-26H2,1-3H3. The van der Waals surface area contributed by atoms with E-state index >= 15 is 0 Å². The van der Waals surface area contributed by atoms with Crippen LogP contribution in [0.15, 0.2) is 0 Å². The van der Waals surface area contributed by atoms with Crippen LogP contribution >= 0.6 is 0 Å². The van der Waals surface area contributed by atoms with Crippen molar-refractivity contribution >= 4 is 8.56 Å². The van der Waals surface area contributed by atoms with Gasteiger partial charge in [-0.15, -0.1) is 0 Å². The van der Waals surface area contributed by atoms with Crippen molar-refractivity contribution in [3.05, 3.63) is 0 Å². The Morgan fingerprint density at radius 2 is 1.12 bits per heavy atom. The molecule has 0 N–H and O–H groups in total. The van der Waals surface area contributed by atoms with Gasteiger partial charge in [0.05, 0.1) is 12.2 Å². The number of unbranched alkanes of at least 4 members (excludes halogenated alkanes) is 14. The molecule has 0 amide bonds. The molecule has 1 aliphatic carbocycles. The molecule has 0 aromatic heterocycles. The molecule has 0 aromatic carbocycles. The SMILES string of the molecule is CCCCCCCCCCO[Si](C)(CCC1CCC2OC2C1)OCCCCCCCCCC. The summed E-state index contributed by atoms with van der Waals surface area (Å²) in [6, 6.07) is 1.17. The molecule has 33 heavy (non-hydrogen) atoms. The summed E-state index contributed by atoms with van der Waals surface area (Å²) in [5.41, 5.74) is 0. The molecule has 2 aliphatic rings. The maximum Gasteiger partial charge on any atom is 0.334 e. The molecule has 2 fully saturated rings. The largest absolute Gasteiger partial charge is 0.394 e. The number of hydrogen-bond acceptors (Lipinski definition) is 3. The van der Waals surface area contributed by atoms with E-state index in [0.29, 0.717) is 12.2 Å². The van der Waals surface area contributed by atoms with E-state index in [4.69, 9.17) is 13.6 Å². The zero-order valence-corrected chi connectivity index (χ0v) is 23.7. The highest BCUT2D eigenvalue weighted by atomic mass is 28.4. The maximum atomic E-state index is 6.56. The first-order valence-electron chi connectivity index (χ1n) is 15.1.